The zero-order valence-corrected chi connectivity index (χ0v) is 36.8. The Hall–Kier alpha value is -2.00. The summed E-state index contributed by atoms with van der Waals surface area (Å²) in [6.45, 7) is 3.58. The first-order valence-corrected chi connectivity index (χ1v) is 23.9. The van der Waals surface area contributed by atoms with Gasteiger partial charge in [-0.2, -0.15) is 0 Å². The lowest BCUT2D eigenvalue weighted by Gasteiger charge is -2.20. The third-order valence-electron chi connectivity index (χ3n) is 8.96. The zero-order valence-electron chi connectivity index (χ0n) is 35.0. The molecule has 0 saturated heterocycles. The molecule has 2 unspecified atom stereocenters. The third kappa shape index (κ3) is 37.0. The summed E-state index contributed by atoms with van der Waals surface area (Å²) in [6, 6.07) is 0. The maximum absolute atomic E-state index is 12.6. The van der Waals surface area contributed by atoms with Crippen molar-refractivity contribution in [2.75, 3.05) is 26.4 Å². The molecule has 17 heteroatoms. The quantitative estimate of drug-likeness (QED) is 0.0149. The van der Waals surface area contributed by atoms with E-state index in [1.807, 2.05) is 12.2 Å². The molecule has 0 aliphatic rings. The Morgan fingerprint density at radius 1 is 0.586 bits per heavy atom. The lowest BCUT2D eigenvalue weighted by atomic mass is 9.99. The van der Waals surface area contributed by atoms with Gasteiger partial charge in [-0.15, -0.1) is 0 Å². The average Bonchev–Trinajstić information content (AvgIpc) is 3.17. The van der Waals surface area contributed by atoms with Crippen LogP contribution in [0, 0.1) is 5.92 Å². The number of ether oxygens (including phenoxy) is 2. The number of carbonyl (C=O) groups excluding carboxylic acids is 2. The Bertz CT molecular complexity index is 1270. The molecule has 15 nitrogen and oxygen atoms in total. The number of unbranched alkanes of at least 4 members (excludes halogenated alkanes) is 7. The minimum atomic E-state index is -4.89. The zero-order chi connectivity index (χ0) is 43.5. The van der Waals surface area contributed by atoms with Crippen LogP contribution in [0.4, 0.5) is 0 Å². The first-order valence-electron chi connectivity index (χ1n) is 20.9. The van der Waals surface area contributed by atoms with Crippen molar-refractivity contribution >= 4 is 27.6 Å². The number of esters is 2. The van der Waals surface area contributed by atoms with Crippen molar-refractivity contribution in [1.29, 1.82) is 0 Å². The normalized spacial score (nSPS) is 16.2. The first-order chi connectivity index (χ1) is 27.6. The molecule has 58 heavy (non-hydrogen) atoms. The highest BCUT2D eigenvalue weighted by Gasteiger charge is 2.28. The molecule has 0 fully saturated rings. The largest absolute Gasteiger partial charge is 0.472 e. The van der Waals surface area contributed by atoms with Crippen molar-refractivity contribution in [2.24, 2.45) is 5.92 Å². The van der Waals surface area contributed by atoms with Gasteiger partial charge in [-0.05, 0) is 57.3 Å². The molecule has 0 heterocycles. The number of rotatable bonds is 38. The van der Waals surface area contributed by atoms with E-state index in [1.54, 1.807) is 6.08 Å². The molecule has 0 rings (SSSR count). The summed E-state index contributed by atoms with van der Waals surface area (Å²) in [7, 11) is -9.76. The van der Waals surface area contributed by atoms with Crippen molar-refractivity contribution in [3.05, 3.63) is 48.6 Å². The summed E-state index contributed by atoms with van der Waals surface area (Å²) in [5.74, 6) is -0.556. The van der Waals surface area contributed by atoms with Crippen LogP contribution in [-0.2, 0) is 41.8 Å². The standard InChI is InChI=1S/C41H74O15P2/c1-4-6-7-8-9-10-11-12-13-17-20-23-27-38(43)39(44)28-25-30-40(45)52-33-37(34-55-58(50,51)54-32-36(42)31-53-57(47,48)49)56-41(46)29-24-21-18-15-14-16-19-22-26-35(3)5-2/h6-7,9-10,12-13,20,23,35-39,42-44H,4-5,8,11,14-19,21-22,24-34H2,1-3H3,(H,50,51)(H2,47,48,49)/b7-6-,10-9-,13-12-,23-20-/t35?,36-,37+,38-,39-/m0/s1. The van der Waals surface area contributed by atoms with E-state index in [1.165, 1.54) is 32.1 Å². The minimum Gasteiger partial charge on any atom is -0.462 e. The molecule has 0 spiro atoms. The van der Waals surface area contributed by atoms with E-state index in [0.717, 1.165) is 50.9 Å². The number of phosphoric acid groups is 2. The number of hydrogen-bond acceptors (Lipinski definition) is 12. The number of aliphatic hydroxyl groups excluding tert-OH is 3. The van der Waals surface area contributed by atoms with E-state index in [-0.39, 0.29) is 32.1 Å². The molecular weight excluding hydrogens is 794 g/mol. The monoisotopic (exact) mass is 868 g/mol. The Morgan fingerprint density at radius 2 is 1.10 bits per heavy atom. The van der Waals surface area contributed by atoms with Gasteiger partial charge in [0.2, 0.25) is 0 Å². The Kier molecular flexibility index (Phi) is 34.5. The molecule has 0 aliphatic carbocycles. The lowest BCUT2D eigenvalue weighted by molar-refractivity contribution is -0.161. The van der Waals surface area contributed by atoms with Gasteiger partial charge in [0.1, 0.15) is 12.7 Å². The van der Waals surface area contributed by atoms with Crippen LogP contribution in [-0.4, -0.2) is 92.8 Å². The molecular formula is C41H74O15P2. The van der Waals surface area contributed by atoms with Gasteiger partial charge in [0.25, 0.3) is 0 Å². The Labute approximate surface area is 346 Å². The fraction of sp³-hybridized carbons (Fsp3) is 0.756. The fourth-order valence-electron chi connectivity index (χ4n) is 5.29. The molecule has 0 saturated carbocycles. The second-order valence-corrected chi connectivity index (χ2v) is 17.1. The van der Waals surface area contributed by atoms with E-state index in [2.05, 4.69) is 60.2 Å². The molecule has 0 aliphatic heterocycles. The van der Waals surface area contributed by atoms with Crippen molar-refractivity contribution in [3.63, 3.8) is 0 Å². The van der Waals surface area contributed by atoms with E-state index in [4.69, 9.17) is 23.8 Å². The molecule has 0 aromatic heterocycles. The van der Waals surface area contributed by atoms with Gasteiger partial charge in [0.05, 0.1) is 32.0 Å². The van der Waals surface area contributed by atoms with E-state index in [9.17, 15) is 38.9 Å². The maximum atomic E-state index is 12.6. The summed E-state index contributed by atoms with van der Waals surface area (Å²) in [5, 5.41) is 30.4. The molecule has 0 aromatic rings. The number of aliphatic hydroxyl groups is 3. The Balaban J connectivity index is 4.78. The number of hydrogen-bond donors (Lipinski definition) is 6. The lowest BCUT2D eigenvalue weighted by Crippen LogP contribution is -2.30. The van der Waals surface area contributed by atoms with Gasteiger partial charge in [0, 0.05) is 12.8 Å². The van der Waals surface area contributed by atoms with Crippen molar-refractivity contribution < 1.29 is 71.8 Å². The fourth-order valence-corrected chi connectivity index (χ4v) is 6.45. The highest BCUT2D eigenvalue weighted by Crippen LogP contribution is 2.43. The predicted molar refractivity (Wildman–Crippen MR) is 223 cm³/mol. The molecule has 6 atom stereocenters. The van der Waals surface area contributed by atoms with Gasteiger partial charge in [-0.3, -0.25) is 23.2 Å². The summed E-state index contributed by atoms with van der Waals surface area (Å²) in [5.41, 5.74) is 0. The molecule has 0 amide bonds. The van der Waals surface area contributed by atoms with Crippen molar-refractivity contribution in [2.45, 2.75) is 167 Å². The third-order valence-corrected chi connectivity index (χ3v) is 10.4. The molecule has 338 valence electrons. The van der Waals surface area contributed by atoms with E-state index in [0.29, 0.717) is 12.8 Å². The van der Waals surface area contributed by atoms with Gasteiger partial charge in [-0.1, -0.05) is 127 Å². The number of allylic oxidation sites excluding steroid dienone is 7. The summed E-state index contributed by atoms with van der Waals surface area (Å²) >= 11 is 0. The topological polar surface area (TPSA) is 236 Å². The van der Waals surface area contributed by atoms with Crippen LogP contribution in [0.25, 0.3) is 0 Å². The summed E-state index contributed by atoms with van der Waals surface area (Å²) in [6.07, 6.45) is 25.8. The van der Waals surface area contributed by atoms with E-state index >= 15 is 0 Å². The maximum Gasteiger partial charge on any atom is 0.472 e. The van der Waals surface area contributed by atoms with Crippen LogP contribution < -0.4 is 0 Å². The number of phosphoric ester groups is 2. The SMILES string of the molecule is CC/C=C\C/C=C\C/C=C\C/C=C\C[C@H](O)[C@@H](O)CCCC(=O)OC[C@H](COP(=O)(O)OC[C@@H](O)COP(=O)(O)O)OC(=O)CCCCCCCCCCC(C)CC. The van der Waals surface area contributed by atoms with Crippen molar-refractivity contribution in [3.8, 4) is 0 Å². The highest BCUT2D eigenvalue weighted by atomic mass is 31.2. The van der Waals surface area contributed by atoms with Crippen LogP contribution >= 0.6 is 15.6 Å². The Morgan fingerprint density at radius 3 is 1.69 bits per heavy atom. The van der Waals surface area contributed by atoms with Gasteiger partial charge >= 0.3 is 27.6 Å². The van der Waals surface area contributed by atoms with Crippen LogP contribution in [0.3, 0.4) is 0 Å². The highest BCUT2D eigenvalue weighted by molar-refractivity contribution is 7.47. The average molecular weight is 869 g/mol. The van der Waals surface area contributed by atoms with E-state index < -0.39 is 78.4 Å². The second-order valence-electron chi connectivity index (χ2n) is 14.4. The predicted octanol–water partition coefficient (Wildman–Crippen LogP) is 8.08. The van der Waals surface area contributed by atoms with Gasteiger partial charge in [0.15, 0.2) is 6.10 Å². The summed E-state index contributed by atoms with van der Waals surface area (Å²) < 4.78 is 47.5. The smallest absolute Gasteiger partial charge is 0.462 e. The van der Waals surface area contributed by atoms with Gasteiger partial charge < -0.3 is 39.5 Å². The van der Waals surface area contributed by atoms with Crippen LogP contribution in [0.1, 0.15) is 143 Å². The summed E-state index contributed by atoms with van der Waals surface area (Å²) in [4.78, 5) is 52.6. The van der Waals surface area contributed by atoms with Crippen LogP contribution in [0.2, 0.25) is 0 Å². The van der Waals surface area contributed by atoms with Crippen LogP contribution in [0.15, 0.2) is 48.6 Å². The van der Waals surface area contributed by atoms with Crippen molar-refractivity contribution in [1.82, 2.24) is 0 Å². The number of carbonyl (C=O) groups is 2. The van der Waals surface area contributed by atoms with Crippen LogP contribution in [0.5, 0.6) is 0 Å². The van der Waals surface area contributed by atoms with Gasteiger partial charge in [-0.25, -0.2) is 9.13 Å². The molecule has 0 aromatic carbocycles. The minimum absolute atomic E-state index is 0.0690. The first kappa shape index (κ1) is 56.0. The second kappa shape index (κ2) is 35.7. The molecule has 0 bridgehead atoms. The molecule has 6 N–H and O–H groups in total. The molecule has 0 radical (unpaired) electrons.